The average molecular weight is 307 g/mol. The van der Waals surface area contributed by atoms with Gasteiger partial charge in [0.2, 0.25) is 11.9 Å². The molecule has 0 bridgehead atoms. The Morgan fingerprint density at radius 3 is 2.33 bits per heavy atom. The molecule has 1 N–H and O–H groups in total. The Balaban J connectivity index is 3.16. The fraction of sp³-hybridized carbons (Fsp3) is 0.750. The van der Waals surface area contributed by atoms with Crippen molar-refractivity contribution in [1.82, 2.24) is 15.0 Å². The Hall–Kier alpha value is -1.80. The zero-order chi connectivity index (χ0) is 16.0. The van der Waals surface area contributed by atoms with E-state index in [9.17, 15) is 13.2 Å². The number of halogens is 3. The van der Waals surface area contributed by atoms with Crippen LogP contribution in [0.15, 0.2) is 0 Å². The van der Waals surface area contributed by atoms with Crippen LogP contribution in [0.4, 0.5) is 25.1 Å². The summed E-state index contributed by atoms with van der Waals surface area (Å²) in [5.41, 5.74) is 0. The van der Waals surface area contributed by atoms with Gasteiger partial charge < -0.3 is 15.0 Å². The molecule has 1 heterocycles. The molecule has 6 nitrogen and oxygen atoms in total. The first kappa shape index (κ1) is 17.3. The van der Waals surface area contributed by atoms with Crippen molar-refractivity contribution in [2.75, 3.05) is 29.9 Å². The average Bonchev–Trinajstić information content (AvgIpc) is 2.35. The van der Waals surface area contributed by atoms with Crippen molar-refractivity contribution in [2.24, 2.45) is 0 Å². The molecule has 1 rings (SSSR count). The van der Waals surface area contributed by atoms with Gasteiger partial charge in [0.15, 0.2) is 0 Å². The van der Waals surface area contributed by atoms with E-state index in [1.54, 1.807) is 20.8 Å². The summed E-state index contributed by atoms with van der Waals surface area (Å²) in [4.78, 5) is 13.0. The second-order valence-corrected chi connectivity index (χ2v) is 4.54. The molecule has 21 heavy (non-hydrogen) atoms. The molecule has 0 saturated carbocycles. The lowest BCUT2D eigenvalue weighted by Crippen LogP contribution is -2.40. The van der Waals surface area contributed by atoms with E-state index in [1.807, 2.05) is 6.92 Å². The van der Waals surface area contributed by atoms with Crippen molar-refractivity contribution >= 4 is 11.9 Å². The van der Waals surface area contributed by atoms with E-state index in [4.69, 9.17) is 4.74 Å². The van der Waals surface area contributed by atoms with Crippen molar-refractivity contribution in [3.8, 4) is 6.01 Å². The Morgan fingerprint density at radius 2 is 1.86 bits per heavy atom. The molecule has 0 radical (unpaired) electrons. The summed E-state index contributed by atoms with van der Waals surface area (Å²) in [5.74, 6) is 0.135. The highest BCUT2D eigenvalue weighted by Gasteiger charge is 2.33. The molecule has 0 fully saturated rings. The topological polar surface area (TPSA) is 63.2 Å². The van der Waals surface area contributed by atoms with Crippen molar-refractivity contribution in [3.63, 3.8) is 0 Å². The Kier molecular flexibility index (Phi) is 5.98. The van der Waals surface area contributed by atoms with Crippen LogP contribution in [0.3, 0.4) is 0 Å². The number of nitrogens with one attached hydrogen (secondary N) is 1. The highest BCUT2D eigenvalue weighted by Crippen LogP contribution is 2.23. The van der Waals surface area contributed by atoms with Gasteiger partial charge in [-0.3, -0.25) is 0 Å². The number of aromatic nitrogens is 3. The van der Waals surface area contributed by atoms with Crippen LogP contribution in [0.25, 0.3) is 0 Å². The van der Waals surface area contributed by atoms with Crippen LogP contribution in [0, 0.1) is 0 Å². The number of hydrogen-bond acceptors (Lipinski definition) is 6. The van der Waals surface area contributed by atoms with Crippen molar-refractivity contribution in [3.05, 3.63) is 0 Å². The lowest BCUT2D eigenvalue weighted by Gasteiger charge is -2.27. The zero-order valence-electron chi connectivity index (χ0n) is 12.5. The first-order valence-electron chi connectivity index (χ1n) is 6.73. The van der Waals surface area contributed by atoms with E-state index in [1.165, 1.54) is 0 Å². The first-order chi connectivity index (χ1) is 9.76. The van der Waals surface area contributed by atoms with Gasteiger partial charge in [0.1, 0.15) is 6.54 Å². The molecule has 0 aliphatic heterocycles. The fourth-order valence-corrected chi connectivity index (χ4v) is 1.58. The minimum absolute atomic E-state index is 0.00581. The van der Waals surface area contributed by atoms with E-state index in [0.29, 0.717) is 13.2 Å². The van der Waals surface area contributed by atoms with Crippen LogP contribution in [0.2, 0.25) is 0 Å². The number of alkyl halides is 3. The van der Waals surface area contributed by atoms with Crippen LogP contribution >= 0.6 is 0 Å². The third-order valence-electron chi connectivity index (χ3n) is 2.44. The molecule has 0 aliphatic rings. The summed E-state index contributed by atoms with van der Waals surface area (Å²) >= 11 is 0. The van der Waals surface area contributed by atoms with Gasteiger partial charge in [0.05, 0.1) is 6.61 Å². The zero-order valence-corrected chi connectivity index (χ0v) is 12.5. The number of nitrogens with zero attached hydrogens (tertiary/aromatic N) is 4. The molecule has 0 unspecified atom stereocenters. The smallest absolute Gasteiger partial charge is 0.406 e. The van der Waals surface area contributed by atoms with E-state index in [2.05, 4.69) is 20.3 Å². The Morgan fingerprint density at radius 1 is 1.19 bits per heavy atom. The fourth-order valence-electron chi connectivity index (χ4n) is 1.58. The largest absolute Gasteiger partial charge is 0.464 e. The molecular weight excluding hydrogens is 287 g/mol. The highest BCUT2D eigenvalue weighted by molar-refractivity contribution is 5.39. The van der Waals surface area contributed by atoms with Crippen LogP contribution < -0.4 is 15.0 Å². The molecule has 0 spiro atoms. The normalized spacial score (nSPS) is 11.6. The van der Waals surface area contributed by atoms with Crippen LogP contribution in [0.5, 0.6) is 6.01 Å². The first-order valence-corrected chi connectivity index (χ1v) is 6.73. The second kappa shape index (κ2) is 7.28. The number of ether oxygens (including phenoxy) is 1. The molecule has 0 atom stereocenters. The van der Waals surface area contributed by atoms with Crippen molar-refractivity contribution in [2.45, 2.75) is 39.9 Å². The quantitative estimate of drug-likeness (QED) is 0.835. The molecule has 0 amide bonds. The van der Waals surface area contributed by atoms with E-state index < -0.39 is 18.8 Å². The monoisotopic (exact) mass is 307 g/mol. The van der Waals surface area contributed by atoms with E-state index >= 15 is 0 Å². The van der Waals surface area contributed by atoms with Gasteiger partial charge in [-0.1, -0.05) is 0 Å². The van der Waals surface area contributed by atoms with Gasteiger partial charge in [0, 0.05) is 12.6 Å². The van der Waals surface area contributed by atoms with E-state index in [0.717, 1.165) is 4.90 Å². The number of hydrogen-bond donors (Lipinski definition) is 1. The summed E-state index contributed by atoms with van der Waals surface area (Å²) in [5, 5.41) is 2.85. The predicted molar refractivity (Wildman–Crippen MR) is 73.7 cm³/mol. The van der Waals surface area contributed by atoms with Gasteiger partial charge in [-0.2, -0.15) is 28.1 Å². The predicted octanol–water partition coefficient (Wildman–Crippen LogP) is 2.48. The molecule has 1 aromatic heterocycles. The molecule has 1 aromatic rings. The molecule has 0 saturated heterocycles. The van der Waals surface area contributed by atoms with Crippen molar-refractivity contribution < 1.29 is 17.9 Å². The van der Waals surface area contributed by atoms with Crippen LogP contribution in [-0.4, -0.2) is 46.9 Å². The van der Waals surface area contributed by atoms with Crippen LogP contribution in [0.1, 0.15) is 27.7 Å². The maximum Gasteiger partial charge on any atom is 0.406 e. The van der Waals surface area contributed by atoms with Gasteiger partial charge in [-0.05, 0) is 27.7 Å². The summed E-state index contributed by atoms with van der Waals surface area (Å²) in [6.07, 6.45) is -4.35. The van der Waals surface area contributed by atoms with Gasteiger partial charge >= 0.3 is 12.2 Å². The summed E-state index contributed by atoms with van der Waals surface area (Å²) in [6.45, 7) is 6.58. The van der Waals surface area contributed by atoms with Gasteiger partial charge in [-0.15, -0.1) is 0 Å². The maximum atomic E-state index is 12.7. The van der Waals surface area contributed by atoms with Crippen LogP contribution in [-0.2, 0) is 0 Å². The minimum Gasteiger partial charge on any atom is -0.464 e. The summed E-state index contributed by atoms with van der Waals surface area (Å²) < 4.78 is 43.3. The SMILES string of the molecule is CCNc1nc(OCC)nc(N(CC(F)(F)F)C(C)C)n1. The van der Waals surface area contributed by atoms with Gasteiger partial charge in [-0.25, -0.2) is 0 Å². The number of anilines is 2. The van der Waals surface area contributed by atoms with Crippen molar-refractivity contribution in [1.29, 1.82) is 0 Å². The summed E-state index contributed by atoms with van der Waals surface area (Å²) in [6, 6.07) is -0.413. The number of rotatable bonds is 7. The Labute approximate surface area is 121 Å². The van der Waals surface area contributed by atoms with E-state index in [-0.39, 0.29) is 17.9 Å². The summed E-state index contributed by atoms with van der Waals surface area (Å²) in [7, 11) is 0. The Bertz CT molecular complexity index is 429. The third-order valence-corrected chi connectivity index (χ3v) is 2.44. The minimum atomic E-state index is -4.35. The molecular formula is C12H20F3N5O. The second-order valence-electron chi connectivity index (χ2n) is 4.54. The standard InChI is InChI=1S/C12H20F3N5O/c1-5-16-9-17-10(19-11(18-9)21-6-2)20(8(3)4)7-12(13,14)15/h8H,5-7H2,1-4H3,(H,16,17,18,19). The lowest BCUT2D eigenvalue weighted by molar-refractivity contribution is -0.120. The molecule has 0 aromatic carbocycles. The molecule has 9 heteroatoms. The highest BCUT2D eigenvalue weighted by atomic mass is 19.4. The lowest BCUT2D eigenvalue weighted by atomic mass is 10.3. The van der Waals surface area contributed by atoms with Gasteiger partial charge in [0.25, 0.3) is 0 Å². The maximum absolute atomic E-state index is 12.7. The molecule has 120 valence electrons. The third kappa shape index (κ3) is 5.60. The molecule has 0 aliphatic carbocycles.